The van der Waals surface area contributed by atoms with Crippen molar-refractivity contribution in [1.29, 1.82) is 0 Å². The van der Waals surface area contributed by atoms with Crippen molar-refractivity contribution in [3.63, 3.8) is 0 Å². The van der Waals surface area contributed by atoms with E-state index in [1.807, 2.05) is 0 Å². The summed E-state index contributed by atoms with van der Waals surface area (Å²) in [4.78, 5) is 12.9. The molecule has 0 aliphatic heterocycles. The Kier molecular flexibility index (Phi) is 5.42. The third-order valence-corrected chi connectivity index (χ3v) is 1.13. The van der Waals surface area contributed by atoms with Gasteiger partial charge in [-0.05, 0) is 5.53 Å². The number of rotatable bonds is 6. The topological polar surface area (TPSA) is 98.1 Å². The van der Waals surface area contributed by atoms with E-state index in [2.05, 4.69) is 21.9 Å². The van der Waals surface area contributed by atoms with Gasteiger partial charge in [-0.15, -0.1) is 6.58 Å². The number of aliphatic carboxylic acids is 1. The zero-order valence-electron chi connectivity index (χ0n) is 6.47. The lowest BCUT2D eigenvalue weighted by molar-refractivity contribution is -0.139. The summed E-state index contributed by atoms with van der Waals surface area (Å²) in [6.07, 6.45) is 1.53. The van der Waals surface area contributed by atoms with Gasteiger partial charge >= 0.3 is 5.97 Å². The fraction of sp³-hybridized carbons (Fsp3) is 0.500. The van der Waals surface area contributed by atoms with Gasteiger partial charge in [0.1, 0.15) is 6.04 Å². The van der Waals surface area contributed by atoms with E-state index < -0.39 is 12.0 Å². The second-order valence-electron chi connectivity index (χ2n) is 2.00. The molecule has 0 radical (unpaired) electrons. The summed E-state index contributed by atoms with van der Waals surface area (Å²) in [6.45, 7) is 3.69. The lowest BCUT2D eigenvalue weighted by Crippen LogP contribution is -2.39. The monoisotopic (exact) mass is 170 g/mol. The van der Waals surface area contributed by atoms with Gasteiger partial charge in [-0.1, -0.05) is 11.2 Å². The number of hydrogen-bond acceptors (Lipinski definition) is 3. The Balaban J connectivity index is 3.93. The number of hydrogen-bond donors (Lipinski definition) is 2. The molecule has 0 amide bonds. The maximum absolute atomic E-state index is 10.4. The molecule has 0 saturated heterocycles. The average molecular weight is 170 g/mol. The molecule has 2 N–H and O–H groups in total. The van der Waals surface area contributed by atoms with Crippen molar-refractivity contribution in [1.82, 2.24) is 5.32 Å². The maximum Gasteiger partial charge on any atom is 0.320 e. The SMILES string of the molecule is C=CCNC(CN=[N+]=[N-])C(=O)O. The predicted molar refractivity (Wildman–Crippen MR) is 43.6 cm³/mol. The van der Waals surface area contributed by atoms with Gasteiger partial charge < -0.3 is 10.4 Å². The average Bonchev–Trinajstić information content (AvgIpc) is 2.04. The molecular formula is C6H10N4O2. The van der Waals surface area contributed by atoms with E-state index in [-0.39, 0.29) is 6.54 Å². The van der Waals surface area contributed by atoms with Crippen LogP contribution in [0.5, 0.6) is 0 Å². The summed E-state index contributed by atoms with van der Waals surface area (Å²) >= 11 is 0. The first kappa shape index (κ1) is 10.5. The standard InChI is InChI=1S/C6H10N4O2/c1-2-3-8-5(6(11)12)4-9-10-7/h2,5,8H,1,3-4H2,(H,11,12). The lowest BCUT2D eigenvalue weighted by Gasteiger charge is -2.08. The molecule has 1 atom stereocenters. The number of nitrogens with one attached hydrogen (secondary N) is 1. The highest BCUT2D eigenvalue weighted by molar-refractivity contribution is 5.73. The van der Waals surface area contributed by atoms with E-state index in [1.54, 1.807) is 0 Å². The minimum atomic E-state index is -1.04. The molecule has 6 nitrogen and oxygen atoms in total. The third-order valence-electron chi connectivity index (χ3n) is 1.13. The molecule has 1 unspecified atom stereocenters. The van der Waals surface area contributed by atoms with Crippen LogP contribution in [0, 0.1) is 0 Å². The van der Waals surface area contributed by atoms with Crippen LogP contribution in [0.15, 0.2) is 17.8 Å². The summed E-state index contributed by atoms with van der Waals surface area (Å²) in [5, 5.41) is 14.3. The molecular weight excluding hydrogens is 160 g/mol. The molecule has 66 valence electrons. The first-order chi connectivity index (χ1) is 5.72. The molecule has 0 spiro atoms. The Labute approximate surface area is 69.5 Å². The number of azide groups is 1. The number of nitrogens with zero attached hydrogens (tertiary/aromatic N) is 3. The Morgan fingerprint density at radius 2 is 2.58 bits per heavy atom. The molecule has 0 fully saturated rings. The summed E-state index contributed by atoms with van der Waals surface area (Å²) in [7, 11) is 0. The van der Waals surface area contributed by atoms with Crippen molar-refractivity contribution >= 4 is 5.97 Å². The van der Waals surface area contributed by atoms with Crippen molar-refractivity contribution in [3.8, 4) is 0 Å². The van der Waals surface area contributed by atoms with Crippen LogP contribution in [0.4, 0.5) is 0 Å². The van der Waals surface area contributed by atoms with E-state index in [9.17, 15) is 4.79 Å². The second kappa shape index (κ2) is 6.21. The first-order valence-electron chi connectivity index (χ1n) is 3.30. The van der Waals surface area contributed by atoms with E-state index in [1.165, 1.54) is 6.08 Å². The van der Waals surface area contributed by atoms with Crippen molar-refractivity contribution in [2.45, 2.75) is 6.04 Å². The van der Waals surface area contributed by atoms with Crippen LogP contribution in [0.25, 0.3) is 10.4 Å². The fourth-order valence-corrected chi connectivity index (χ4v) is 0.574. The van der Waals surface area contributed by atoms with Crippen LogP contribution < -0.4 is 5.32 Å². The predicted octanol–water partition coefficient (Wildman–Crippen LogP) is 0.525. The Hall–Kier alpha value is -1.52. The van der Waals surface area contributed by atoms with Gasteiger partial charge in [-0.2, -0.15) is 0 Å². The third kappa shape index (κ3) is 4.32. The van der Waals surface area contributed by atoms with E-state index in [0.717, 1.165) is 0 Å². The molecule has 6 heteroatoms. The minimum Gasteiger partial charge on any atom is -0.480 e. The molecule has 0 aromatic heterocycles. The van der Waals surface area contributed by atoms with Gasteiger partial charge in [-0.3, -0.25) is 4.79 Å². The number of carbonyl (C=O) groups is 1. The van der Waals surface area contributed by atoms with Crippen LogP contribution in [0.3, 0.4) is 0 Å². The van der Waals surface area contributed by atoms with Gasteiger partial charge in [0.05, 0.1) is 6.54 Å². The molecule has 0 aromatic rings. The van der Waals surface area contributed by atoms with Gasteiger partial charge in [0.25, 0.3) is 0 Å². The second-order valence-corrected chi connectivity index (χ2v) is 2.00. The maximum atomic E-state index is 10.4. The zero-order chi connectivity index (χ0) is 9.40. The first-order valence-corrected chi connectivity index (χ1v) is 3.30. The Morgan fingerprint density at radius 3 is 3.00 bits per heavy atom. The molecule has 0 aliphatic rings. The summed E-state index contributed by atoms with van der Waals surface area (Å²) in [6, 6.07) is -0.834. The summed E-state index contributed by atoms with van der Waals surface area (Å²) < 4.78 is 0. The van der Waals surface area contributed by atoms with Gasteiger partial charge in [0, 0.05) is 11.5 Å². The molecule has 0 saturated carbocycles. The highest BCUT2D eigenvalue weighted by Crippen LogP contribution is 1.86. The molecule has 0 bridgehead atoms. The normalized spacial score (nSPS) is 11.3. The van der Waals surface area contributed by atoms with Crippen LogP contribution in [0.2, 0.25) is 0 Å². The van der Waals surface area contributed by atoms with Crippen LogP contribution in [0.1, 0.15) is 0 Å². The highest BCUT2D eigenvalue weighted by Gasteiger charge is 2.13. The van der Waals surface area contributed by atoms with Crippen molar-refractivity contribution in [2.75, 3.05) is 13.1 Å². The zero-order valence-corrected chi connectivity index (χ0v) is 6.47. The smallest absolute Gasteiger partial charge is 0.320 e. The van der Waals surface area contributed by atoms with E-state index in [4.69, 9.17) is 10.6 Å². The molecule has 0 aliphatic carbocycles. The van der Waals surface area contributed by atoms with Gasteiger partial charge in [-0.25, -0.2) is 0 Å². The van der Waals surface area contributed by atoms with Crippen LogP contribution in [-0.4, -0.2) is 30.2 Å². The minimum absolute atomic E-state index is 0.0975. The van der Waals surface area contributed by atoms with Crippen molar-refractivity contribution in [2.24, 2.45) is 5.11 Å². The quantitative estimate of drug-likeness (QED) is 0.263. The summed E-state index contributed by atoms with van der Waals surface area (Å²) in [5.74, 6) is -1.04. The molecule has 0 rings (SSSR count). The van der Waals surface area contributed by atoms with Crippen molar-refractivity contribution < 1.29 is 9.90 Å². The molecule has 12 heavy (non-hydrogen) atoms. The highest BCUT2D eigenvalue weighted by atomic mass is 16.4. The summed E-state index contributed by atoms with van der Waals surface area (Å²) in [5.41, 5.74) is 7.94. The van der Waals surface area contributed by atoms with Gasteiger partial charge in [0.2, 0.25) is 0 Å². The van der Waals surface area contributed by atoms with E-state index in [0.29, 0.717) is 6.54 Å². The molecule has 0 aromatic carbocycles. The van der Waals surface area contributed by atoms with Gasteiger partial charge in [0.15, 0.2) is 0 Å². The number of carboxylic acids is 1. The lowest BCUT2D eigenvalue weighted by atomic mass is 10.3. The van der Waals surface area contributed by atoms with Crippen LogP contribution >= 0.6 is 0 Å². The number of carboxylic acid groups (broad SMARTS) is 1. The van der Waals surface area contributed by atoms with Crippen LogP contribution in [-0.2, 0) is 4.79 Å². The Morgan fingerprint density at radius 1 is 1.92 bits per heavy atom. The fourth-order valence-electron chi connectivity index (χ4n) is 0.574. The molecule has 0 heterocycles. The van der Waals surface area contributed by atoms with E-state index >= 15 is 0 Å². The Bertz CT molecular complexity index is 210. The van der Waals surface area contributed by atoms with Crippen molar-refractivity contribution in [3.05, 3.63) is 23.1 Å². The largest absolute Gasteiger partial charge is 0.480 e.